The fourth-order valence-corrected chi connectivity index (χ4v) is 6.88. The zero-order valence-electron chi connectivity index (χ0n) is 24.6. The van der Waals surface area contributed by atoms with E-state index in [2.05, 4.69) is 72.8 Å². The van der Waals surface area contributed by atoms with E-state index in [1.807, 2.05) is 79.8 Å². The standard InChI is InChI=1S/C39H31N3OS/c1-3-32-36(25(2)38(40)42-39(27-15-8-5-9-16-27)41-24-26-13-6-4-7-14-26)31-23-28(21-22-33(31)43-32)29-18-12-20-35-37(29)30-17-10-11-19-34(30)44-35/h3-23H,24H2,1-2H3,(H2,40,41,42)/b32-3+,36-25+. The van der Waals surface area contributed by atoms with Crippen molar-refractivity contribution in [1.29, 1.82) is 0 Å². The Labute approximate surface area is 259 Å². The minimum atomic E-state index is 0.405. The molecule has 5 heteroatoms. The summed E-state index contributed by atoms with van der Waals surface area (Å²) in [6, 6.07) is 41.7. The Bertz CT molecular complexity index is 2330. The maximum absolute atomic E-state index is 6.78. The molecule has 0 saturated heterocycles. The molecular weight excluding hydrogens is 559 g/mol. The number of furan rings is 1. The molecule has 7 aromatic rings. The Morgan fingerprint density at radius 2 is 1.52 bits per heavy atom. The average molecular weight is 590 g/mol. The fraction of sp³-hybridized carbons (Fsp3) is 0.0769. The topological polar surface area (TPSA) is 63.9 Å². The van der Waals surface area contributed by atoms with E-state index in [0.717, 1.165) is 43.9 Å². The lowest BCUT2D eigenvalue weighted by atomic mass is 9.98. The Balaban J connectivity index is 1.39. The predicted octanol–water partition coefficient (Wildman–Crippen LogP) is 8.44. The largest absolute Gasteiger partial charge is 0.456 e. The number of hydrogen-bond donors (Lipinski definition) is 1. The molecule has 214 valence electrons. The molecule has 44 heavy (non-hydrogen) atoms. The molecule has 0 aliphatic rings. The minimum absolute atomic E-state index is 0.405. The first-order valence-electron chi connectivity index (χ1n) is 14.7. The van der Waals surface area contributed by atoms with Crippen LogP contribution in [0.3, 0.4) is 0 Å². The van der Waals surface area contributed by atoms with Crippen LogP contribution in [0.5, 0.6) is 0 Å². The molecule has 5 aromatic carbocycles. The van der Waals surface area contributed by atoms with Gasteiger partial charge in [-0.2, -0.15) is 0 Å². The van der Waals surface area contributed by atoms with Crippen LogP contribution in [0, 0.1) is 0 Å². The second-order valence-electron chi connectivity index (χ2n) is 10.7. The molecule has 0 aliphatic heterocycles. The first kappa shape index (κ1) is 27.6. The molecule has 7 rings (SSSR count). The van der Waals surface area contributed by atoms with E-state index in [0.29, 0.717) is 18.2 Å². The van der Waals surface area contributed by atoms with E-state index in [1.165, 1.54) is 25.7 Å². The summed E-state index contributed by atoms with van der Waals surface area (Å²) < 4.78 is 8.90. The molecular formula is C39H31N3OS. The highest BCUT2D eigenvalue weighted by atomic mass is 32.1. The molecule has 0 amide bonds. The molecule has 0 bridgehead atoms. The highest BCUT2D eigenvalue weighted by Crippen LogP contribution is 2.40. The van der Waals surface area contributed by atoms with E-state index in [4.69, 9.17) is 20.1 Å². The number of nitrogens with two attached hydrogens (primary N) is 1. The van der Waals surface area contributed by atoms with Crippen LogP contribution in [-0.4, -0.2) is 11.7 Å². The summed E-state index contributed by atoms with van der Waals surface area (Å²) in [6.07, 6.45) is 1.99. The monoisotopic (exact) mass is 589 g/mol. The Morgan fingerprint density at radius 1 is 0.795 bits per heavy atom. The zero-order chi connectivity index (χ0) is 30.0. The number of amidine groups is 2. The van der Waals surface area contributed by atoms with Crippen LogP contribution in [-0.2, 0) is 6.54 Å². The van der Waals surface area contributed by atoms with Gasteiger partial charge >= 0.3 is 0 Å². The maximum atomic E-state index is 6.78. The summed E-state index contributed by atoms with van der Waals surface area (Å²) in [4.78, 5) is 9.78. The number of hydrogen-bond acceptors (Lipinski definition) is 3. The van der Waals surface area contributed by atoms with Crippen molar-refractivity contribution in [1.82, 2.24) is 0 Å². The highest BCUT2D eigenvalue weighted by Gasteiger charge is 2.14. The van der Waals surface area contributed by atoms with Crippen LogP contribution in [0.25, 0.3) is 53.9 Å². The van der Waals surface area contributed by atoms with Crippen LogP contribution in [0.2, 0.25) is 0 Å². The lowest BCUT2D eigenvalue weighted by Crippen LogP contribution is -2.29. The van der Waals surface area contributed by atoms with Gasteiger partial charge in [0.05, 0.1) is 6.54 Å². The summed E-state index contributed by atoms with van der Waals surface area (Å²) in [6.45, 7) is 4.50. The first-order valence-corrected chi connectivity index (χ1v) is 15.5. The smallest absolute Gasteiger partial charge is 0.157 e. The molecule has 2 aromatic heterocycles. The summed E-state index contributed by atoms with van der Waals surface area (Å²) in [5.41, 5.74) is 13.6. The molecule has 0 unspecified atom stereocenters. The van der Waals surface area contributed by atoms with Crippen molar-refractivity contribution >= 4 is 65.8 Å². The maximum Gasteiger partial charge on any atom is 0.157 e. The highest BCUT2D eigenvalue weighted by molar-refractivity contribution is 7.25. The van der Waals surface area contributed by atoms with Crippen molar-refractivity contribution < 1.29 is 4.42 Å². The number of rotatable bonds is 5. The van der Waals surface area contributed by atoms with Crippen LogP contribution >= 0.6 is 11.3 Å². The van der Waals surface area contributed by atoms with Gasteiger partial charge in [0.15, 0.2) is 5.84 Å². The third kappa shape index (κ3) is 5.12. The second kappa shape index (κ2) is 11.8. The van der Waals surface area contributed by atoms with Crippen molar-refractivity contribution in [3.05, 3.63) is 143 Å². The molecule has 2 N–H and O–H groups in total. The third-order valence-corrected chi connectivity index (χ3v) is 9.10. The van der Waals surface area contributed by atoms with Crippen LogP contribution in [0.1, 0.15) is 25.0 Å². The molecule has 4 nitrogen and oxygen atoms in total. The normalized spacial score (nSPS) is 13.7. The van der Waals surface area contributed by atoms with E-state index in [-0.39, 0.29) is 0 Å². The lowest BCUT2D eigenvalue weighted by molar-refractivity contribution is 0.574. The summed E-state index contributed by atoms with van der Waals surface area (Å²) in [7, 11) is 0. The average Bonchev–Trinajstić information content (AvgIpc) is 3.65. The van der Waals surface area contributed by atoms with Gasteiger partial charge in [0.2, 0.25) is 0 Å². The van der Waals surface area contributed by atoms with Gasteiger partial charge in [-0.15, -0.1) is 11.3 Å². The Hall–Kier alpha value is -5.26. The van der Waals surface area contributed by atoms with Gasteiger partial charge < -0.3 is 10.2 Å². The van der Waals surface area contributed by atoms with E-state index < -0.39 is 0 Å². The lowest BCUT2D eigenvalue weighted by Gasteiger charge is -2.07. The molecule has 0 fully saturated rings. The van der Waals surface area contributed by atoms with Crippen molar-refractivity contribution in [2.75, 3.05) is 0 Å². The van der Waals surface area contributed by atoms with Crippen LogP contribution in [0.4, 0.5) is 0 Å². The van der Waals surface area contributed by atoms with Gasteiger partial charge in [-0.3, -0.25) is 4.99 Å². The molecule has 0 radical (unpaired) electrons. The predicted molar refractivity (Wildman–Crippen MR) is 188 cm³/mol. The number of fused-ring (bicyclic) bond motifs is 4. The Morgan fingerprint density at radius 3 is 2.32 bits per heavy atom. The zero-order valence-corrected chi connectivity index (χ0v) is 25.4. The summed E-state index contributed by atoms with van der Waals surface area (Å²) >= 11 is 1.83. The van der Waals surface area contributed by atoms with Gasteiger partial charge in [0, 0.05) is 41.9 Å². The molecule has 0 saturated carbocycles. The SMILES string of the molecule is C/C=c1/oc2ccc(-c3cccc4sc5ccccc5c34)cc2/c1=C(/C)C(N)=NC(=NCc1ccccc1)c1ccccc1. The first-order chi connectivity index (χ1) is 21.6. The van der Waals surface area contributed by atoms with E-state index >= 15 is 0 Å². The van der Waals surface area contributed by atoms with Gasteiger partial charge in [-0.25, -0.2) is 4.99 Å². The fourth-order valence-electron chi connectivity index (χ4n) is 5.74. The number of thiophene rings is 1. The van der Waals surface area contributed by atoms with Gasteiger partial charge in [-0.05, 0) is 60.9 Å². The van der Waals surface area contributed by atoms with E-state index in [1.54, 1.807) is 0 Å². The quantitative estimate of drug-likeness (QED) is 0.162. The van der Waals surface area contributed by atoms with Gasteiger partial charge in [0.1, 0.15) is 16.8 Å². The number of benzene rings is 5. The van der Waals surface area contributed by atoms with Gasteiger partial charge in [-0.1, -0.05) is 97.1 Å². The van der Waals surface area contributed by atoms with Crippen molar-refractivity contribution in [2.45, 2.75) is 20.4 Å². The summed E-state index contributed by atoms with van der Waals surface area (Å²) in [5, 5.41) is 4.51. The molecule has 0 aliphatic carbocycles. The number of nitrogens with zero attached hydrogens (tertiary/aromatic N) is 2. The third-order valence-electron chi connectivity index (χ3n) is 7.96. The van der Waals surface area contributed by atoms with Crippen LogP contribution < -0.4 is 16.4 Å². The minimum Gasteiger partial charge on any atom is -0.456 e. The Kier molecular flexibility index (Phi) is 7.38. The molecule has 2 heterocycles. The van der Waals surface area contributed by atoms with Crippen molar-refractivity contribution in [3.8, 4) is 11.1 Å². The van der Waals surface area contributed by atoms with Gasteiger partial charge in [0.25, 0.3) is 0 Å². The van der Waals surface area contributed by atoms with Crippen LogP contribution in [0.15, 0.2) is 136 Å². The van der Waals surface area contributed by atoms with Crippen molar-refractivity contribution in [3.63, 3.8) is 0 Å². The summed E-state index contributed by atoms with van der Waals surface area (Å²) in [5.74, 6) is 1.00. The van der Waals surface area contributed by atoms with Crippen molar-refractivity contribution in [2.24, 2.45) is 15.7 Å². The van der Waals surface area contributed by atoms with E-state index in [9.17, 15) is 0 Å². The molecule has 0 atom stereocenters. The second-order valence-corrected chi connectivity index (χ2v) is 11.8. The number of aliphatic imine (C=N–C) groups is 2. The molecule has 0 spiro atoms.